The van der Waals surface area contributed by atoms with Gasteiger partial charge in [0.15, 0.2) is 0 Å². The second-order valence-corrected chi connectivity index (χ2v) is 7.54. The van der Waals surface area contributed by atoms with Gasteiger partial charge in [0.05, 0.1) is 0 Å². The van der Waals surface area contributed by atoms with E-state index in [4.69, 9.17) is 16.3 Å². The van der Waals surface area contributed by atoms with Gasteiger partial charge in [-0.2, -0.15) is 13.2 Å². The van der Waals surface area contributed by atoms with Gasteiger partial charge in [-0.05, 0) is 48.8 Å². The largest absolute Gasteiger partial charge is 0.411 e. The lowest BCUT2D eigenvalue weighted by molar-refractivity contribution is -0.185. The van der Waals surface area contributed by atoms with Gasteiger partial charge in [-0.15, -0.1) is 0 Å². The highest BCUT2D eigenvalue weighted by atomic mass is 35.5. The predicted octanol–water partition coefficient (Wildman–Crippen LogP) is 4.45. The molecule has 1 aromatic carbocycles. The molecule has 26 heavy (non-hydrogen) atoms. The highest BCUT2D eigenvalue weighted by Gasteiger charge is 2.40. The van der Waals surface area contributed by atoms with Crippen molar-refractivity contribution in [2.75, 3.05) is 13.2 Å². The van der Waals surface area contributed by atoms with Crippen LogP contribution in [0.2, 0.25) is 5.02 Å². The fraction of sp³-hybridized carbons (Fsp3) is 0.611. The molecular formula is C18H22ClF3N2O2. The summed E-state index contributed by atoms with van der Waals surface area (Å²) in [6, 6.07) is 6.22. The lowest BCUT2D eigenvalue weighted by Gasteiger charge is -2.24. The highest BCUT2D eigenvalue weighted by molar-refractivity contribution is 6.30. The van der Waals surface area contributed by atoms with Crippen LogP contribution in [0.4, 0.5) is 18.0 Å². The van der Waals surface area contributed by atoms with Crippen molar-refractivity contribution in [2.24, 2.45) is 11.8 Å². The van der Waals surface area contributed by atoms with E-state index < -0.39 is 18.9 Å². The Labute approximate surface area is 155 Å². The van der Waals surface area contributed by atoms with E-state index in [0.717, 1.165) is 19.3 Å². The predicted molar refractivity (Wildman–Crippen MR) is 92.0 cm³/mol. The van der Waals surface area contributed by atoms with Crippen LogP contribution in [-0.4, -0.2) is 31.4 Å². The van der Waals surface area contributed by atoms with E-state index in [1.165, 1.54) is 12.5 Å². The number of fused-ring (bicyclic) bond motifs is 2. The monoisotopic (exact) mass is 390 g/mol. The van der Waals surface area contributed by atoms with Gasteiger partial charge < -0.3 is 15.4 Å². The zero-order chi connectivity index (χ0) is 18.7. The maximum absolute atomic E-state index is 12.5. The van der Waals surface area contributed by atoms with Crippen LogP contribution in [0.3, 0.4) is 0 Å². The molecule has 0 aliphatic heterocycles. The molecule has 2 aliphatic carbocycles. The molecule has 3 rings (SSSR count). The molecule has 4 unspecified atom stereocenters. The Morgan fingerprint density at radius 1 is 1.31 bits per heavy atom. The molecule has 0 radical (unpaired) electrons. The van der Waals surface area contributed by atoms with Crippen molar-refractivity contribution in [2.45, 2.75) is 44.0 Å². The molecule has 2 saturated carbocycles. The van der Waals surface area contributed by atoms with Gasteiger partial charge in [0.25, 0.3) is 0 Å². The average molecular weight is 391 g/mol. The summed E-state index contributed by atoms with van der Waals surface area (Å²) >= 11 is 5.91. The number of carbonyl (C=O) groups is 1. The summed E-state index contributed by atoms with van der Waals surface area (Å²) in [6.45, 7) is -1.46. The standard InChI is InChI=1S/C18H22ClF3N2O2/c19-14-3-1-2-13(8-14)16(26-10-18(20,21)22)9-23-17(25)24-15-7-11-4-5-12(15)6-11/h1-3,8,11-12,15-16H,4-7,9-10H2,(H2,23,24,25). The summed E-state index contributed by atoms with van der Waals surface area (Å²) in [7, 11) is 0. The van der Waals surface area contributed by atoms with Crippen LogP contribution in [0.25, 0.3) is 0 Å². The van der Waals surface area contributed by atoms with Gasteiger partial charge in [0.1, 0.15) is 12.7 Å². The Hall–Kier alpha value is -1.47. The molecule has 0 spiro atoms. The van der Waals surface area contributed by atoms with Crippen molar-refractivity contribution in [3.05, 3.63) is 34.9 Å². The van der Waals surface area contributed by atoms with Gasteiger partial charge in [0.2, 0.25) is 0 Å². The number of ether oxygens (including phenoxy) is 1. The third-order valence-electron chi connectivity index (χ3n) is 5.17. The van der Waals surface area contributed by atoms with E-state index in [0.29, 0.717) is 22.4 Å². The zero-order valence-electron chi connectivity index (χ0n) is 14.2. The first-order chi connectivity index (χ1) is 12.3. The van der Waals surface area contributed by atoms with Gasteiger partial charge in [0, 0.05) is 17.6 Å². The molecule has 144 valence electrons. The number of benzene rings is 1. The molecule has 0 saturated heterocycles. The number of hydrogen-bond donors (Lipinski definition) is 2. The first-order valence-corrected chi connectivity index (χ1v) is 9.16. The Balaban J connectivity index is 1.55. The summed E-state index contributed by atoms with van der Waals surface area (Å²) in [5, 5.41) is 5.98. The molecule has 0 aromatic heterocycles. The van der Waals surface area contributed by atoms with Crippen LogP contribution < -0.4 is 10.6 Å². The quantitative estimate of drug-likeness (QED) is 0.754. The van der Waals surface area contributed by atoms with E-state index in [2.05, 4.69) is 10.6 Å². The topological polar surface area (TPSA) is 50.4 Å². The van der Waals surface area contributed by atoms with Crippen molar-refractivity contribution in [1.82, 2.24) is 10.6 Å². The van der Waals surface area contributed by atoms with Crippen molar-refractivity contribution >= 4 is 17.6 Å². The maximum atomic E-state index is 12.5. The third-order valence-corrected chi connectivity index (χ3v) is 5.41. The van der Waals surface area contributed by atoms with Gasteiger partial charge in [-0.1, -0.05) is 30.2 Å². The molecule has 4 atom stereocenters. The zero-order valence-corrected chi connectivity index (χ0v) is 14.9. The Bertz CT molecular complexity index is 641. The number of halogens is 4. The number of hydrogen-bond acceptors (Lipinski definition) is 2. The molecule has 8 heteroatoms. The highest BCUT2D eigenvalue weighted by Crippen LogP contribution is 2.44. The van der Waals surface area contributed by atoms with Crippen LogP contribution in [0.15, 0.2) is 24.3 Å². The van der Waals surface area contributed by atoms with Crippen molar-refractivity contribution in [3.63, 3.8) is 0 Å². The lowest BCUT2D eigenvalue weighted by Crippen LogP contribution is -2.45. The first kappa shape index (κ1) is 19.3. The number of nitrogens with one attached hydrogen (secondary N) is 2. The molecule has 2 fully saturated rings. The molecule has 2 bridgehead atoms. The van der Waals surface area contributed by atoms with Gasteiger partial charge in [-0.3, -0.25) is 0 Å². The molecule has 2 N–H and O–H groups in total. The van der Waals surface area contributed by atoms with E-state index >= 15 is 0 Å². The minimum atomic E-state index is -4.44. The number of urea groups is 1. The van der Waals surface area contributed by atoms with E-state index in [9.17, 15) is 18.0 Å². The van der Waals surface area contributed by atoms with E-state index in [-0.39, 0.29) is 18.6 Å². The summed E-state index contributed by atoms with van der Waals surface area (Å²) in [5.74, 6) is 1.22. The fourth-order valence-corrected chi connectivity index (χ4v) is 4.20. The minimum absolute atomic E-state index is 0.0664. The lowest BCUT2D eigenvalue weighted by atomic mass is 9.95. The van der Waals surface area contributed by atoms with Crippen molar-refractivity contribution < 1.29 is 22.7 Å². The maximum Gasteiger partial charge on any atom is 0.411 e. The van der Waals surface area contributed by atoms with Crippen LogP contribution >= 0.6 is 11.6 Å². The van der Waals surface area contributed by atoms with Crippen molar-refractivity contribution in [3.8, 4) is 0 Å². The Morgan fingerprint density at radius 3 is 2.73 bits per heavy atom. The van der Waals surface area contributed by atoms with E-state index in [1.807, 2.05) is 0 Å². The molecule has 2 amide bonds. The molecule has 2 aliphatic rings. The average Bonchev–Trinajstić information content (AvgIpc) is 3.16. The smallest absolute Gasteiger partial charge is 0.362 e. The normalized spacial score (nSPS) is 25.9. The second kappa shape index (κ2) is 8.05. The van der Waals surface area contributed by atoms with Crippen LogP contribution in [0.5, 0.6) is 0 Å². The summed E-state index contributed by atoms with van der Waals surface area (Å²) in [5.41, 5.74) is 0.488. The molecule has 4 nitrogen and oxygen atoms in total. The number of amides is 2. The summed E-state index contributed by atoms with van der Waals surface area (Å²) in [4.78, 5) is 12.2. The first-order valence-electron chi connectivity index (χ1n) is 8.78. The van der Waals surface area contributed by atoms with E-state index in [1.54, 1.807) is 18.2 Å². The second-order valence-electron chi connectivity index (χ2n) is 7.11. The van der Waals surface area contributed by atoms with Gasteiger partial charge >= 0.3 is 12.2 Å². The summed E-state index contributed by atoms with van der Waals surface area (Å²) < 4.78 is 42.5. The number of carbonyl (C=O) groups excluding carboxylic acids is 1. The van der Waals surface area contributed by atoms with Crippen LogP contribution in [0, 0.1) is 11.8 Å². The van der Waals surface area contributed by atoms with Gasteiger partial charge in [-0.25, -0.2) is 4.79 Å². The SMILES string of the molecule is O=C(NCC(OCC(F)(F)F)c1cccc(Cl)c1)NC1CC2CCC1C2. The Morgan fingerprint density at radius 2 is 2.12 bits per heavy atom. The number of alkyl halides is 3. The Kier molecular flexibility index (Phi) is 5.97. The summed E-state index contributed by atoms with van der Waals surface area (Å²) in [6.07, 6.45) is -0.865. The molecule has 1 aromatic rings. The van der Waals surface area contributed by atoms with Crippen LogP contribution in [-0.2, 0) is 4.74 Å². The minimum Gasteiger partial charge on any atom is -0.362 e. The fourth-order valence-electron chi connectivity index (χ4n) is 4.00. The van der Waals surface area contributed by atoms with Crippen LogP contribution in [0.1, 0.15) is 37.4 Å². The third kappa shape index (κ3) is 5.27. The molecule has 0 heterocycles. The molecular weight excluding hydrogens is 369 g/mol. The van der Waals surface area contributed by atoms with Crippen molar-refractivity contribution in [1.29, 1.82) is 0 Å². The number of rotatable bonds is 6.